The molecule has 1 aromatic carbocycles. The lowest BCUT2D eigenvalue weighted by Gasteiger charge is -2.05. The second kappa shape index (κ2) is 7.58. The van der Waals surface area contributed by atoms with Crippen molar-refractivity contribution in [1.82, 2.24) is 5.32 Å². The van der Waals surface area contributed by atoms with E-state index < -0.39 is 0 Å². The average Bonchev–Trinajstić information content (AvgIpc) is 2.90. The van der Waals surface area contributed by atoms with Crippen LogP contribution in [0.1, 0.15) is 16.0 Å². The van der Waals surface area contributed by atoms with Gasteiger partial charge in [0.15, 0.2) is 0 Å². The van der Waals surface area contributed by atoms with Gasteiger partial charge < -0.3 is 10.4 Å². The van der Waals surface area contributed by atoms with Crippen molar-refractivity contribution in [3.05, 3.63) is 57.5 Å². The maximum absolute atomic E-state index is 13.0. The van der Waals surface area contributed by atoms with Crippen LogP contribution in [0.25, 0.3) is 0 Å². The number of thiophene rings is 1. The first-order chi connectivity index (χ1) is 10.2. The van der Waals surface area contributed by atoms with E-state index in [1.807, 2.05) is 11.4 Å². The van der Waals surface area contributed by atoms with Crippen molar-refractivity contribution in [3.8, 4) is 11.8 Å². The van der Waals surface area contributed by atoms with Crippen LogP contribution in [0, 0.1) is 17.7 Å². The molecule has 2 N–H and O–H groups in total. The number of aliphatic hydroxyl groups excluding tert-OH is 1. The summed E-state index contributed by atoms with van der Waals surface area (Å²) in [5, 5.41) is 13.4. The normalized spacial score (nSPS) is 9.81. The first kappa shape index (κ1) is 15.2. The highest BCUT2D eigenvalue weighted by Gasteiger charge is 2.07. The van der Waals surface area contributed by atoms with Crippen LogP contribution in [-0.2, 0) is 17.8 Å². The Morgan fingerprint density at radius 3 is 3.00 bits per heavy atom. The number of aliphatic hydroxyl groups is 1. The molecule has 2 rings (SSSR count). The van der Waals surface area contributed by atoms with Gasteiger partial charge in [0.1, 0.15) is 12.4 Å². The van der Waals surface area contributed by atoms with E-state index in [9.17, 15) is 9.18 Å². The van der Waals surface area contributed by atoms with Crippen molar-refractivity contribution in [2.45, 2.75) is 13.0 Å². The maximum Gasteiger partial charge on any atom is 0.224 e. The summed E-state index contributed by atoms with van der Waals surface area (Å²) < 4.78 is 13.0. The summed E-state index contributed by atoms with van der Waals surface area (Å²) in [6.07, 6.45) is 0.140. The summed E-state index contributed by atoms with van der Waals surface area (Å²) in [5.41, 5.74) is 1.44. The topological polar surface area (TPSA) is 49.3 Å². The van der Waals surface area contributed by atoms with Crippen molar-refractivity contribution < 1.29 is 14.3 Å². The van der Waals surface area contributed by atoms with Crippen LogP contribution in [-0.4, -0.2) is 17.6 Å². The van der Waals surface area contributed by atoms with E-state index in [1.54, 1.807) is 12.1 Å². The van der Waals surface area contributed by atoms with Gasteiger partial charge >= 0.3 is 0 Å². The number of nitrogens with one attached hydrogen (secondary N) is 1. The standard InChI is InChI=1S/C16H14FNO2S/c17-14-5-1-3-12(9-14)10-16(20)18-11-15-13(4-2-7-19)6-8-21-15/h1,3,5-6,8-9,19H,7,10-11H2,(H,18,20). The van der Waals surface area contributed by atoms with Gasteiger partial charge in [-0.3, -0.25) is 4.79 Å². The van der Waals surface area contributed by atoms with E-state index in [4.69, 9.17) is 5.11 Å². The van der Waals surface area contributed by atoms with Gasteiger partial charge in [-0.1, -0.05) is 24.0 Å². The number of benzene rings is 1. The Bertz CT molecular complexity index is 685. The zero-order valence-electron chi connectivity index (χ0n) is 11.2. The first-order valence-electron chi connectivity index (χ1n) is 6.36. The Morgan fingerprint density at radius 2 is 2.24 bits per heavy atom. The van der Waals surface area contributed by atoms with Gasteiger partial charge in [0.25, 0.3) is 0 Å². The SMILES string of the molecule is O=C(Cc1cccc(F)c1)NCc1sccc1C#CCO. The van der Waals surface area contributed by atoms with E-state index in [-0.39, 0.29) is 24.8 Å². The molecular weight excluding hydrogens is 289 g/mol. The molecule has 0 aliphatic carbocycles. The zero-order chi connectivity index (χ0) is 15.1. The van der Waals surface area contributed by atoms with Crippen LogP contribution in [0.3, 0.4) is 0 Å². The fraction of sp³-hybridized carbons (Fsp3) is 0.188. The molecule has 108 valence electrons. The van der Waals surface area contributed by atoms with Crippen molar-refractivity contribution in [1.29, 1.82) is 0 Å². The Morgan fingerprint density at radius 1 is 1.38 bits per heavy atom. The minimum Gasteiger partial charge on any atom is -0.384 e. The molecule has 2 aromatic rings. The minimum atomic E-state index is -0.347. The van der Waals surface area contributed by atoms with E-state index >= 15 is 0 Å². The molecule has 0 unspecified atom stereocenters. The molecular formula is C16H14FNO2S. The smallest absolute Gasteiger partial charge is 0.224 e. The second-order valence-corrected chi connectivity index (χ2v) is 5.30. The summed E-state index contributed by atoms with van der Waals surface area (Å²) in [6, 6.07) is 7.84. The molecule has 0 aliphatic rings. The number of carbonyl (C=O) groups excluding carboxylic acids is 1. The predicted molar refractivity (Wildman–Crippen MR) is 80.2 cm³/mol. The fourth-order valence-corrected chi connectivity index (χ4v) is 2.57. The summed E-state index contributed by atoms with van der Waals surface area (Å²) in [7, 11) is 0. The highest BCUT2D eigenvalue weighted by molar-refractivity contribution is 7.10. The highest BCUT2D eigenvalue weighted by Crippen LogP contribution is 2.15. The lowest BCUT2D eigenvalue weighted by atomic mass is 10.1. The quantitative estimate of drug-likeness (QED) is 0.850. The number of amides is 1. The average molecular weight is 303 g/mol. The lowest BCUT2D eigenvalue weighted by Crippen LogP contribution is -2.24. The number of rotatable bonds is 4. The Hall–Kier alpha value is -2.16. The van der Waals surface area contributed by atoms with Gasteiger partial charge in [0.05, 0.1) is 13.0 Å². The van der Waals surface area contributed by atoms with Crippen LogP contribution in [0.15, 0.2) is 35.7 Å². The Kier molecular flexibility index (Phi) is 5.50. The molecule has 0 bridgehead atoms. The van der Waals surface area contributed by atoms with E-state index in [0.717, 1.165) is 10.4 Å². The van der Waals surface area contributed by atoms with E-state index in [1.165, 1.54) is 23.5 Å². The number of halogens is 1. The van der Waals surface area contributed by atoms with Crippen molar-refractivity contribution >= 4 is 17.2 Å². The van der Waals surface area contributed by atoms with E-state index in [2.05, 4.69) is 17.2 Å². The molecule has 1 amide bonds. The van der Waals surface area contributed by atoms with Gasteiger partial charge in [0.2, 0.25) is 5.91 Å². The minimum absolute atomic E-state index is 0.140. The van der Waals surface area contributed by atoms with Crippen LogP contribution < -0.4 is 5.32 Å². The molecule has 5 heteroatoms. The third-order valence-electron chi connectivity index (χ3n) is 2.75. The lowest BCUT2D eigenvalue weighted by molar-refractivity contribution is -0.120. The maximum atomic E-state index is 13.0. The van der Waals surface area contributed by atoms with Crippen LogP contribution in [0.2, 0.25) is 0 Å². The molecule has 1 heterocycles. The van der Waals surface area contributed by atoms with Gasteiger partial charge in [-0.25, -0.2) is 4.39 Å². The molecule has 0 atom stereocenters. The fourth-order valence-electron chi connectivity index (χ4n) is 1.80. The van der Waals surface area contributed by atoms with Gasteiger partial charge in [-0.15, -0.1) is 11.3 Å². The molecule has 0 saturated carbocycles. The highest BCUT2D eigenvalue weighted by atomic mass is 32.1. The first-order valence-corrected chi connectivity index (χ1v) is 7.24. The largest absolute Gasteiger partial charge is 0.384 e. The second-order valence-electron chi connectivity index (χ2n) is 4.30. The molecule has 21 heavy (non-hydrogen) atoms. The van der Waals surface area contributed by atoms with Crippen LogP contribution in [0.5, 0.6) is 0 Å². The molecule has 0 spiro atoms. The molecule has 0 aliphatic heterocycles. The number of carbonyl (C=O) groups is 1. The van der Waals surface area contributed by atoms with Crippen LogP contribution >= 0.6 is 11.3 Å². The van der Waals surface area contributed by atoms with Crippen molar-refractivity contribution in [2.24, 2.45) is 0 Å². The third-order valence-corrected chi connectivity index (χ3v) is 3.67. The van der Waals surface area contributed by atoms with Crippen molar-refractivity contribution in [2.75, 3.05) is 6.61 Å². The van der Waals surface area contributed by atoms with Gasteiger partial charge in [-0.05, 0) is 29.1 Å². The van der Waals surface area contributed by atoms with Gasteiger partial charge in [-0.2, -0.15) is 0 Å². The Balaban J connectivity index is 1.91. The van der Waals surface area contributed by atoms with E-state index in [0.29, 0.717) is 12.1 Å². The number of hydrogen-bond acceptors (Lipinski definition) is 3. The summed E-state index contributed by atoms with van der Waals surface area (Å²) in [6.45, 7) is 0.183. The summed E-state index contributed by atoms with van der Waals surface area (Å²) in [5.74, 6) is 4.90. The molecule has 0 radical (unpaired) electrons. The molecule has 3 nitrogen and oxygen atoms in total. The summed E-state index contributed by atoms with van der Waals surface area (Å²) >= 11 is 1.49. The predicted octanol–water partition coefficient (Wildman–Crippen LogP) is 2.09. The molecule has 0 fully saturated rings. The molecule has 0 saturated heterocycles. The number of hydrogen-bond donors (Lipinski definition) is 2. The summed E-state index contributed by atoms with van der Waals surface area (Å²) in [4.78, 5) is 12.8. The monoisotopic (exact) mass is 303 g/mol. The Labute approximate surface area is 126 Å². The third kappa shape index (κ3) is 4.71. The van der Waals surface area contributed by atoms with Crippen molar-refractivity contribution in [3.63, 3.8) is 0 Å². The van der Waals surface area contributed by atoms with Crippen LogP contribution in [0.4, 0.5) is 4.39 Å². The zero-order valence-corrected chi connectivity index (χ0v) is 12.0. The molecule has 1 aromatic heterocycles. The van der Waals surface area contributed by atoms with Gasteiger partial charge in [0, 0.05) is 10.4 Å².